The molecule has 0 unspecified atom stereocenters. The number of fused-ring (bicyclic) bond motifs is 1. The number of unbranched alkanes of at least 4 members (excludes halogenated alkanes) is 6. The minimum atomic E-state index is -0.942. The molecule has 9 nitrogen and oxygen atoms in total. The highest BCUT2D eigenvalue weighted by Gasteiger charge is 2.28. The molecule has 2 aromatic rings. The van der Waals surface area contributed by atoms with Gasteiger partial charge >= 0.3 is 0 Å². The summed E-state index contributed by atoms with van der Waals surface area (Å²) >= 11 is 0. The summed E-state index contributed by atoms with van der Waals surface area (Å²) in [5.41, 5.74) is 1.86. The maximum absolute atomic E-state index is 13.7. The average molecular weight is 592 g/mol. The summed E-state index contributed by atoms with van der Waals surface area (Å²) in [6.07, 6.45) is 17.2. The highest BCUT2D eigenvalue weighted by atomic mass is 16.2. The minimum absolute atomic E-state index is 0.0248. The molecule has 4 amide bonds. The van der Waals surface area contributed by atoms with E-state index in [1.165, 1.54) is 31.8 Å². The molecule has 1 aromatic heterocycles. The zero-order valence-corrected chi connectivity index (χ0v) is 25.9. The lowest BCUT2D eigenvalue weighted by Gasteiger charge is -2.25. The molecule has 5 N–H and O–H groups in total. The zero-order chi connectivity index (χ0) is 31.0. The van der Waals surface area contributed by atoms with Crippen molar-refractivity contribution in [2.45, 2.75) is 103 Å². The summed E-state index contributed by atoms with van der Waals surface area (Å²) in [7, 11) is 0. The average Bonchev–Trinajstić information content (AvgIpc) is 3.39. The third kappa shape index (κ3) is 11.4. The molecule has 0 bridgehead atoms. The lowest BCUT2D eigenvalue weighted by molar-refractivity contribution is -0.131. The Morgan fingerprint density at radius 2 is 1.74 bits per heavy atom. The van der Waals surface area contributed by atoms with Crippen molar-refractivity contribution in [1.82, 2.24) is 26.3 Å². The van der Waals surface area contributed by atoms with Gasteiger partial charge in [0, 0.05) is 48.6 Å². The Balaban J connectivity index is 1.73. The number of H-pyrrole nitrogens is 1. The van der Waals surface area contributed by atoms with Crippen molar-refractivity contribution < 1.29 is 19.2 Å². The predicted molar refractivity (Wildman–Crippen MR) is 171 cm³/mol. The molecule has 1 aliphatic rings. The smallest absolute Gasteiger partial charge is 0.247 e. The second-order valence-electron chi connectivity index (χ2n) is 11.7. The third-order valence-corrected chi connectivity index (χ3v) is 7.76. The van der Waals surface area contributed by atoms with Crippen LogP contribution in [0.5, 0.6) is 0 Å². The second-order valence-corrected chi connectivity index (χ2v) is 11.7. The molecule has 9 heteroatoms. The van der Waals surface area contributed by atoms with Gasteiger partial charge in [-0.15, -0.1) is 0 Å². The van der Waals surface area contributed by atoms with Gasteiger partial charge in [0.2, 0.25) is 23.6 Å². The van der Waals surface area contributed by atoms with Crippen molar-refractivity contribution in [3.8, 4) is 0 Å². The maximum Gasteiger partial charge on any atom is 0.247 e. The third-order valence-electron chi connectivity index (χ3n) is 7.76. The summed E-state index contributed by atoms with van der Waals surface area (Å²) in [4.78, 5) is 55.4. The molecule has 1 aliphatic heterocycles. The number of rotatable bonds is 14. The SMILES string of the molecule is CCCCCCCCCC(=O)N[C@@H](Cc1c[nH]c2ccccc12)C(=O)N[C@H]1/C=C/CCNC(=O)/C=C/[C@H](C(C)C)NC1=O. The summed E-state index contributed by atoms with van der Waals surface area (Å²) < 4.78 is 0. The number of carbonyl (C=O) groups is 4. The minimum Gasteiger partial charge on any atom is -0.361 e. The molecule has 0 spiro atoms. The fourth-order valence-corrected chi connectivity index (χ4v) is 5.15. The standard InChI is InChI=1S/C34H49N5O4/c1-4-5-6-7-8-9-10-18-32(41)37-30(22-25-23-36-28-16-12-11-15-26(25)28)34(43)39-29-17-13-14-21-35-31(40)20-19-27(24(2)3)38-33(29)42/h11-13,15-17,19-20,23-24,27,29-30,36H,4-10,14,18,21-22H2,1-3H3,(H,35,40)(H,37,41)(H,38,42)(H,39,43)/b17-13+,20-19+/t27-,29+,30+/m1/s1. The van der Waals surface area contributed by atoms with E-state index in [4.69, 9.17) is 0 Å². The Morgan fingerprint density at radius 3 is 2.51 bits per heavy atom. The number of carbonyl (C=O) groups excluding carboxylic acids is 4. The van der Waals surface area contributed by atoms with Gasteiger partial charge in [0.25, 0.3) is 0 Å². The van der Waals surface area contributed by atoms with Crippen LogP contribution in [0.3, 0.4) is 0 Å². The van der Waals surface area contributed by atoms with E-state index in [2.05, 4.69) is 33.2 Å². The number of amides is 4. The van der Waals surface area contributed by atoms with Crippen LogP contribution in [0.2, 0.25) is 0 Å². The first kappa shape index (κ1) is 33.6. The van der Waals surface area contributed by atoms with Crippen LogP contribution in [0.1, 0.15) is 84.1 Å². The molecule has 2 heterocycles. The summed E-state index contributed by atoms with van der Waals surface area (Å²) in [6, 6.07) is 5.63. The first-order chi connectivity index (χ1) is 20.8. The van der Waals surface area contributed by atoms with Crippen LogP contribution in [0.4, 0.5) is 0 Å². The molecule has 0 saturated carbocycles. The van der Waals surface area contributed by atoms with Gasteiger partial charge < -0.3 is 26.3 Å². The molecule has 0 saturated heterocycles. The number of nitrogens with one attached hydrogen (secondary N) is 5. The first-order valence-corrected chi connectivity index (χ1v) is 15.9. The van der Waals surface area contributed by atoms with Gasteiger partial charge in [0.1, 0.15) is 12.1 Å². The Labute approximate surface area is 255 Å². The molecule has 3 atom stereocenters. The molecule has 0 fully saturated rings. The number of aromatic amines is 1. The van der Waals surface area contributed by atoms with Crippen LogP contribution >= 0.6 is 0 Å². The summed E-state index contributed by atoms with van der Waals surface area (Å²) in [5.74, 6) is -1.18. The van der Waals surface area contributed by atoms with Gasteiger partial charge in [-0.05, 0) is 30.4 Å². The highest BCUT2D eigenvalue weighted by molar-refractivity contribution is 5.94. The van der Waals surface area contributed by atoms with Crippen LogP contribution in [0.15, 0.2) is 54.8 Å². The van der Waals surface area contributed by atoms with Crippen molar-refractivity contribution in [2.24, 2.45) is 5.92 Å². The van der Waals surface area contributed by atoms with E-state index in [1.54, 1.807) is 18.2 Å². The lowest BCUT2D eigenvalue weighted by atomic mass is 10.0. The van der Waals surface area contributed by atoms with Gasteiger partial charge in [-0.25, -0.2) is 0 Å². The van der Waals surface area contributed by atoms with Crippen molar-refractivity contribution >= 4 is 34.5 Å². The molecule has 43 heavy (non-hydrogen) atoms. The van der Waals surface area contributed by atoms with Gasteiger partial charge in [0.05, 0.1) is 0 Å². The normalized spacial score (nSPS) is 19.9. The maximum atomic E-state index is 13.7. The molecular formula is C34H49N5O4. The van der Waals surface area contributed by atoms with E-state index >= 15 is 0 Å². The van der Waals surface area contributed by atoms with Crippen molar-refractivity contribution in [2.75, 3.05) is 6.54 Å². The predicted octanol–water partition coefficient (Wildman–Crippen LogP) is 4.59. The Kier molecular flexibility index (Phi) is 14.0. The number of aromatic nitrogens is 1. The Hall–Kier alpha value is -3.88. The number of benzene rings is 1. The van der Waals surface area contributed by atoms with Crippen molar-refractivity contribution in [3.63, 3.8) is 0 Å². The van der Waals surface area contributed by atoms with E-state index in [0.29, 0.717) is 19.4 Å². The highest BCUT2D eigenvalue weighted by Crippen LogP contribution is 2.19. The summed E-state index contributed by atoms with van der Waals surface area (Å²) in [5, 5.41) is 12.6. The van der Waals surface area contributed by atoms with Gasteiger partial charge in [-0.3, -0.25) is 19.2 Å². The zero-order valence-electron chi connectivity index (χ0n) is 25.9. The van der Waals surface area contributed by atoms with Crippen LogP contribution < -0.4 is 21.3 Å². The first-order valence-electron chi connectivity index (χ1n) is 15.9. The molecule has 1 aromatic carbocycles. The monoisotopic (exact) mass is 591 g/mol. The molecule has 234 valence electrons. The Morgan fingerprint density at radius 1 is 1.00 bits per heavy atom. The topological polar surface area (TPSA) is 132 Å². The number of para-hydroxylation sites is 1. The van der Waals surface area contributed by atoms with Crippen LogP contribution in [-0.2, 0) is 25.6 Å². The fourth-order valence-electron chi connectivity index (χ4n) is 5.15. The largest absolute Gasteiger partial charge is 0.361 e. The van der Waals surface area contributed by atoms with E-state index in [-0.39, 0.29) is 30.1 Å². The quantitative estimate of drug-likeness (QED) is 0.162. The molecule has 3 rings (SSSR count). The van der Waals surface area contributed by atoms with Crippen LogP contribution in [0.25, 0.3) is 10.9 Å². The van der Waals surface area contributed by atoms with E-state index in [9.17, 15) is 19.2 Å². The molecule has 0 aliphatic carbocycles. The number of hydrogen-bond donors (Lipinski definition) is 5. The number of hydrogen-bond acceptors (Lipinski definition) is 4. The lowest BCUT2D eigenvalue weighted by Crippen LogP contribution is -2.55. The van der Waals surface area contributed by atoms with Gasteiger partial charge in [-0.2, -0.15) is 0 Å². The van der Waals surface area contributed by atoms with E-state index < -0.39 is 24.0 Å². The van der Waals surface area contributed by atoms with Crippen molar-refractivity contribution in [1.29, 1.82) is 0 Å². The van der Waals surface area contributed by atoms with Crippen molar-refractivity contribution in [3.05, 3.63) is 60.3 Å². The van der Waals surface area contributed by atoms with Gasteiger partial charge in [-0.1, -0.05) is 95.7 Å². The Bertz CT molecular complexity index is 1260. The molecular weight excluding hydrogens is 542 g/mol. The van der Waals surface area contributed by atoms with Crippen LogP contribution in [0, 0.1) is 5.92 Å². The molecule has 0 radical (unpaired) electrons. The fraction of sp³-hybridized carbons (Fsp3) is 0.529. The summed E-state index contributed by atoms with van der Waals surface area (Å²) in [6.45, 7) is 6.49. The van der Waals surface area contributed by atoms with Gasteiger partial charge in [0.15, 0.2) is 0 Å². The van der Waals surface area contributed by atoms with Crippen LogP contribution in [-0.4, -0.2) is 53.3 Å². The van der Waals surface area contributed by atoms with E-state index in [0.717, 1.165) is 35.7 Å². The second kappa shape index (κ2) is 17.9. The van der Waals surface area contributed by atoms with E-state index in [1.807, 2.05) is 44.3 Å².